The summed E-state index contributed by atoms with van der Waals surface area (Å²) in [6.07, 6.45) is 27.9. The van der Waals surface area contributed by atoms with E-state index in [1.807, 2.05) is 0 Å². The minimum absolute atomic E-state index is 0.0281. The van der Waals surface area contributed by atoms with E-state index in [4.69, 9.17) is 23.5 Å². The van der Waals surface area contributed by atoms with E-state index in [1.165, 1.54) is 116 Å². The summed E-state index contributed by atoms with van der Waals surface area (Å²) in [6.45, 7) is 3.37. The van der Waals surface area contributed by atoms with Crippen LogP contribution in [0.2, 0.25) is 0 Å². The predicted octanol–water partition coefficient (Wildman–Crippen LogP) is 7.68. The lowest BCUT2D eigenvalue weighted by Crippen LogP contribution is -2.60. The number of carbonyl (C=O) groups excluding carboxylic acids is 1. The van der Waals surface area contributed by atoms with Gasteiger partial charge in [0.1, 0.15) is 30.5 Å². The minimum Gasteiger partial charge on any atom is -0.457 e. The molecule has 312 valence electrons. The van der Waals surface area contributed by atoms with Gasteiger partial charge in [-0.25, -0.2) is 4.18 Å². The molecule has 12 nitrogen and oxygen atoms in total. The lowest BCUT2D eigenvalue weighted by molar-refractivity contribution is -0.301. The summed E-state index contributed by atoms with van der Waals surface area (Å²) in [5, 5.41) is 30.1. The molecule has 1 saturated heterocycles. The van der Waals surface area contributed by atoms with Crippen molar-refractivity contribution in [2.24, 2.45) is 0 Å². The van der Waals surface area contributed by atoms with Crippen molar-refractivity contribution in [3.05, 3.63) is 24.3 Å². The number of hydrogen-bond acceptors (Lipinski definition) is 11. The summed E-state index contributed by atoms with van der Waals surface area (Å²) in [5.41, 5.74) is 0. The zero-order valence-corrected chi connectivity index (χ0v) is 33.6. The molecule has 53 heavy (non-hydrogen) atoms. The Hall–Kier alpha value is -1.42. The molecular weight excluding hydrogens is 704 g/mol. The molecule has 0 amide bonds. The van der Waals surface area contributed by atoms with E-state index in [0.717, 1.165) is 25.7 Å². The van der Waals surface area contributed by atoms with Gasteiger partial charge in [-0.2, -0.15) is 8.42 Å². The molecule has 1 rings (SSSR count). The number of aliphatic hydroxyl groups is 3. The molecule has 0 bridgehead atoms. The van der Waals surface area contributed by atoms with Crippen LogP contribution in [0.3, 0.4) is 0 Å². The Kier molecular flexibility index (Phi) is 30.7. The second-order valence-electron chi connectivity index (χ2n) is 14.2. The molecule has 6 unspecified atom stereocenters. The van der Waals surface area contributed by atoms with Crippen molar-refractivity contribution in [3.63, 3.8) is 0 Å². The zero-order chi connectivity index (χ0) is 39.0. The third-order valence-corrected chi connectivity index (χ3v) is 9.85. The number of esters is 1. The summed E-state index contributed by atoms with van der Waals surface area (Å²) >= 11 is 0. The highest BCUT2D eigenvalue weighted by Gasteiger charge is 2.48. The summed E-state index contributed by atoms with van der Waals surface area (Å²) in [4.78, 5) is 11.9. The van der Waals surface area contributed by atoms with Crippen molar-refractivity contribution in [1.82, 2.24) is 0 Å². The Morgan fingerprint density at radius 1 is 0.717 bits per heavy atom. The van der Waals surface area contributed by atoms with Gasteiger partial charge in [0.05, 0.1) is 19.8 Å². The molecule has 0 spiro atoms. The van der Waals surface area contributed by atoms with E-state index in [2.05, 4.69) is 35.4 Å². The normalized spacial score (nSPS) is 21.5. The molecule has 4 N–H and O–H groups in total. The van der Waals surface area contributed by atoms with Gasteiger partial charge >= 0.3 is 16.4 Å². The maximum absolute atomic E-state index is 11.9. The van der Waals surface area contributed by atoms with Crippen LogP contribution in [-0.2, 0) is 38.3 Å². The summed E-state index contributed by atoms with van der Waals surface area (Å²) in [5.74, 6) is -0.486. The van der Waals surface area contributed by atoms with Crippen LogP contribution in [0.15, 0.2) is 24.3 Å². The van der Waals surface area contributed by atoms with Gasteiger partial charge in [-0.05, 0) is 38.5 Å². The fraction of sp³-hybridized carbons (Fsp3) is 0.875. The predicted molar refractivity (Wildman–Crippen MR) is 207 cm³/mol. The number of rotatable bonds is 35. The van der Waals surface area contributed by atoms with Crippen molar-refractivity contribution in [3.8, 4) is 0 Å². The van der Waals surface area contributed by atoms with Crippen LogP contribution < -0.4 is 0 Å². The van der Waals surface area contributed by atoms with Gasteiger partial charge in [0, 0.05) is 13.0 Å². The Morgan fingerprint density at radius 2 is 1.23 bits per heavy atom. The molecule has 0 aromatic rings. The monoisotopic (exact) mass is 778 g/mol. The highest BCUT2D eigenvalue weighted by molar-refractivity contribution is 7.80. The van der Waals surface area contributed by atoms with Gasteiger partial charge in [-0.1, -0.05) is 141 Å². The molecule has 1 aliphatic heterocycles. The highest BCUT2D eigenvalue weighted by Crippen LogP contribution is 2.26. The van der Waals surface area contributed by atoms with Crippen molar-refractivity contribution in [1.29, 1.82) is 0 Å². The first kappa shape index (κ1) is 49.6. The third kappa shape index (κ3) is 26.9. The van der Waals surface area contributed by atoms with Gasteiger partial charge in [0.15, 0.2) is 6.29 Å². The quantitative estimate of drug-likeness (QED) is 0.0214. The SMILES string of the molecule is CCCCCCC/C=C\C/C=C\CCCCCCCCCCCCCCCCOCC(COC1OC(CO)C(O)C(OS(=O)(=O)O)C1O)OC(=O)CC. The maximum atomic E-state index is 11.9. The fourth-order valence-electron chi connectivity index (χ4n) is 6.21. The average molecular weight is 779 g/mol. The molecule has 1 aliphatic rings. The van der Waals surface area contributed by atoms with Crippen molar-refractivity contribution < 1.29 is 56.2 Å². The van der Waals surface area contributed by atoms with Gasteiger partial charge in [-0.15, -0.1) is 0 Å². The first-order chi connectivity index (χ1) is 25.6. The van der Waals surface area contributed by atoms with Gasteiger partial charge in [0.25, 0.3) is 0 Å². The number of carbonyl (C=O) groups is 1. The van der Waals surface area contributed by atoms with Crippen molar-refractivity contribution in [2.45, 2.75) is 198 Å². The van der Waals surface area contributed by atoms with Gasteiger partial charge in [-0.3, -0.25) is 9.35 Å². The topological polar surface area (TPSA) is 178 Å². The van der Waals surface area contributed by atoms with Gasteiger partial charge < -0.3 is 34.3 Å². The lowest BCUT2D eigenvalue weighted by Gasteiger charge is -2.41. The molecule has 13 heteroatoms. The van der Waals surface area contributed by atoms with Crippen LogP contribution >= 0.6 is 0 Å². The minimum atomic E-state index is -5.04. The first-order valence-electron chi connectivity index (χ1n) is 20.6. The third-order valence-electron chi connectivity index (χ3n) is 9.38. The van der Waals surface area contributed by atoms with Crippen LogP contribution in [0.1, 0.15) is 162 Å². The second-order valence-corrected chi connectivity index (χ2v) is 15.2. The number of aliphatic hydroxyl groups excluding tert-OH is 3. The molecule has 1 heterocycles. The molecule has 1 fully saturated rings. The fourth-order valence-corrected chi connectivity index (χ4v) is 6.72. The number of allylic oxidation sites excluding steroid dienone is 4. The summed E-state index contributed by atoms with van der Waals surface area (Å²) in [6, 6.07) is 0. The Labute approximate surface area is 321 Å². The molecule has 0 aromatic carbocycles. The summed E-state index contributed by atoms with van der Waals surface area (Å²) < 4.78 is 57.8. The van der Waals surface area contributed by atoms with E-state index < -0.39 is 59.8 Å². The van der Waals surface area contributed by atoms with E-state index >= 15 is 0 Å². The summed E-state index contributed by atoms with van der Waals surface area (Å²) in [7, 11) is -5.04. The largest absolute Gasteiger partial charge is 0.457 e. The molecule has 0 saturated carbocycles. The van der Waals surface area contributed by atoms with Gasteiger partial charge in [0.2, 0.25) is 0 Å². The zero-order valence-electron chi connectivity index (χ0n) is 32.8. The van der Waals surface area contributed by atoms with E-state index in [1.54, 1.807) is 6.92 Å². The van der Waals surface area contributed by atoms with E-state index in [-0.39, 0.29) is 19.6 Å². The van der Waals surface area contributed by atoms with Crippen molar-refractivity contribution >= 4 is 16.4 Å². The number of unbranched alkanes of at least 4 members (excludes halogenated alkanes) is 19. The van der Waals surface area contributed by atoms with E-state index in [0.29, 0.717) is 6.61 Å². The highest BCUT2D eigenvalue weighted by atomic mass is 32.3. The lowest BCUT2D eigenvalue weighted by atomic mass is 9.99. The molecule has 0 aliphatic carbocycles. The number of hydrogen-bond donors (Lipinski definition) is 4. The number of ether oxygens (including phenoxy) is 4. The Balaban J connectivity index is 2.05. The second kappa shape index (κ2) is 32.8. The van der Waals surface area contributed by atoms with Crippen LogP contribution in [0.4, 0.5) is 0 Å². The van der Waals surface area contributed by atoms with Crippen molar-refractivity contribution in [2.75, 3.05) is 26.4 Å². The maximum Gasteiger partial charge on any atom is 0.397 e. The average Bonchev–Trinajstić information content (AvgIpc) is 3.13. The van der Waals surface area contributed by atoms with Crippen LogP contribution in [0.25, 0.3) is 0 Å². The van der Waals surface area contributed by atoms with E-state index in [9.17, 15) is 28.5 Å². The standard InChI is InChI=1S/C40H74O12S/c1-3-5-6-7-8-9-10-11-12-13-14-15-16-17-18-19-20-21-22-23-24-25-26-27-28-29-30-48-32-34(50-36(42)4-2)33-49-40-38(44)39(52-53(45,46)47)37(43)35(31-41)51-40/h10-11,13-14,34-35,37-41,43-44H,3-9,12,15-33H2,1-2H3,(H,45,46,47)/b11-10-,14-13-. The van der Waals surface area contributed by atoms with Crippen LogP contribution in [0, 0.1) is 0 Å². The Bertz CT molecular complexity index is 1040. The smallest absolute Gasteiger partial charge is 0.397 e. The molecular formula is C40H74O12S. The molecule has 0 aromatic heterocycles. The van der Waals surface area contributed by atoms with Crippen LogP contribution in [0.5, 0.6) is 0 Å². The first-order valence-corrected chi connectivity index (χ1v) is 22.0. The molecule has 6 atom stereocenters. The Morgan fingerprint density at radius 3 is 1.72 bits per heavy atom. The van der Waals surface area contributed by atoms with Crippen LogP contribution in [-0.4, -0.2) is 97.5 Å². The molecule has 0 radical (unpaired) electrons.